The fraction of sp³-hybridized carbons (Fsp3) is 0.263. The molecule has 2 rings (SSSR count). The van der Waals surface area contributed by atoms with Gasteiger partial charge in [-0.3, -0.25) is 9.59 Å². The summed E-state index contributed by atoms with van der Waals surface area (Å²) in [5.74, 6) is -1.93. The van der Waals surface area contributed by atoms with Crippen molar-refractivity contribution < 1.29 is 27.5 Å². The molecule has 0 heterocycles. The van der Waals surface area contributed by atoms with E-state index in [0.29, 0.717) is 22.7 Å². The summed E-state index contributed by atoms with van der Waals surface area (Å²) in [6.45, 7) is 1.86. The Morgan fingerprint density at radius 2 is 1.56 bits per heavy atom. The molecule has 144 valence electrons. The first-order chi connectivity index (χ1) is 12.7. The van der Waals surface area contributed by atoms with Crippen LogP contribution in [0.3, 0.4) is 0 Å². The second-order valence-corrected chi connectivity index (χ2v) is 8.00. The van der Waals surface area contributed by atoms with Crippen molar-refractivity contribution in [1.82, 2.24) is 0 Å². The molecule has 7 nitrogen and oxygen atoms in total. The van der Waals surface area contributed by atoms with Crippen LogP contribution in [-0.4, -0.2) is 45.8 Å². The highest BCUT2D eigenvalue weighted by molar-refractivity contribution is 7.92. The quantitative estimate of drug-likeness (QED) is 0.693. The van der Waals surface area contributed by atoms with Gasteiger partial charge in [-0.05, 0) is 19.1 Å². The van der Waals surface area contributed by atoms with Gasteiger partial charge in [-0.25, -0.2) is 8.42 Å². The van der Waals surface area contributed by atoms with Crippen LogP contribution >= 0.6 is 0 Å². The van der Waals surface area contributed by atoms with Crippen molar-refractivity contribution in [3.05, 3.63) is 53.6 Å². The third kappa shape index (κ3) is 5.82. The Balaban J connectivity index is 2.01. The summed E-state index contributed by atoms with van der Waals surface area (Å²) < 4.78 is 34.6. The van der Waals surface area contributed by atoms with Gasteiger partial charge in [-0.15, -0.1) is 0 Å². The SMILES string of the molecule is COc1ccc(NC(=O)CS(=O)(=O)CC(=O)c2ccc(C)cc2)cc1OC. The maximum atomic E-state index is 12.2. The minimum atomic E-state index is -3.90. The highest BCUT2D eigenvalue weighted by Gasteiger charge is 2.22. The molecular weight excluding hydrogens is 370 g/mol. The Labute approximate surface area is 158 Å². The Bertz CT molecular complexity index is 935. The van der Waals surface area contributed by atoms with Crippen LogP contribution < -0.4 is 14.8 Å². The van der Waals surface area contributed by atoms with Crippen molar-refractivity contribution in [3.8, 4) is 11.5 Å². The Morgan fingerprint density at radius 1 is 0.926 bits per heavy atom. The van der Waals surface area contributed by atoms with Crippen LogP contribution in [0.25, 0.3) is 0 Å². The lowest BCUT2D eigenvalue weighted by atomic mass is 10.1. The van der Waals surface area contributed by atoms with Crippen molar-refractivity contribution in [1.29, 1.82) is 0 Å². The predicted octanol–water partition coefficient (Wildman–Crippen LogP) is 2.25. The average Bonchev–Trinajstić information content (AvgIpc) is 2.61. The Kier molecular flexibility index (Phi) is 6.57. The number of rotatable bonds is 8. The number of hydrogen-bond acceptors (Lipinski definition) is 6. The number of ketones is 1. The van der Waals surface area contributed by atoms with Crippen LogP contribution in [0.5, 0.6) is 11.5 Å². The van der Waals surface area contributed by atoms with E-state index in [-0.39, 0.29) is 0 Å². The molecule has 1 amide bonds. The van der Waals surface area contributed by atoms with Gasteiger partial charge >= 0.3 is 0 Å². The minimum absolute atomic E-state index is 0.296. The number of carbonyl (C=O) groups is 2. The Morgan fingerprint density at radius 3 is 2.15 bits per heavy atom. The number of sulfone groups is 1. The van der Waals surface area contributed by atoms with Crippen molar-refractivity contribution in [2.45, 2.75) is 6.92 Å². The zero-order valence-corrected chi connectivity index (χ0v) is 16.1. The van der Waals surface area contributed by atoms with Gasteiger partial charge in [0.15, 0.2) is 27.1 Å². The van der Waals surface area contributed by atoms with E-state index in [1.165, 1.54) is 20.3 Å². The van der Waals surface area contributed by atoms with Gasteiger partial charge in [0.2, 0.25) is 5.91 Å². The van der Waals surface area contributed by atoms with Gasteiger partial charge in [-0.1, -0.05) is 29.8 Å². The van der Waals surface area contributed by atoms with Crippen LogP contribution in [0.15, 0.2) is 42.5 Å². The van der Waals surface area contributed by atoms with Gasteiger partial charge in [-0.2, -0.15) is 0 Å². The maximum Gasteiger partial charge on any atom is 0.239 e. The van der Waals surface area contributed by atoms with E-state index in [1.54, 1.807) is 36.4 Å². The smallest absolute Gasteiger partial charge is 0.239 e. The summed E-state index contributed by atoms with van der Waals surface area (Å²) in [7, 11) is -0.976. The lowest BCUT2D eigenvalue weighted by Crippen LogP contribution is -2.27. The maximum absolute atomic E-state index is 12.2. The molecule has 1 N–H and O–H groups in total. The molecule has 0 saturated heterocycles. The van der Waals surface area contributed by atoms with E-state index < -0.39 is 33.0 Å². The van der Waals surface area contributed by atoms with Crippen LogP contribution in [0, 0.1) is 6.92 Å². The van der Waals surface area contributed by atoms with Crippen LogP contribution in [0.4, 0.5) is 5.69 Å². The monoisotopic (exact) mass is 391 g/mol. The molecule has 0 spiro atoms. The fourth-order valence-electron chi connectivity index (χ4n) is 2.38. The van der Waals surface area contributed by atoms with Gasteiger partial charge in [0, 0.05) is 17.3 Å². The number of ether oxygens (including phenoxy) is 2. The lowest BCUT2D eigenvalue weighted by Gasteiger charge is -2.10. The number of hydrogen-bond donors (Lipinski definition) is 1. The summed E-state index contributed by atoms with van der Waals surface area (Å²) in [4.78, 5) is 24.2. The van der Waals surface area contributed by atoms with Crippen molar-refractivity contribution in [2.24, 2.45) is 0 Å². The second kappa shape index (κ2) is 8.68. The number of methoxy groups -OCH3 is 2. The average molecular weight is 391 g/mol. The number of carbonyl (C=O) groups excluding carboxylic acids is 2. The topological polar surface area (TPSA) is 98.8 Å². The number of amides is 1. The number of nitrogens with one attached hydrogen (secondary N) is 1. The molecule has 2 aromatic rings. The third-order valence-corrected chi connectivity index (χ3v) is 5.15. The summed E-state index contributed by atoms with van der Waals surface area (Å²) in [5, 5.41) is 2.48. The van der Waals surface area contributed by atoms with Gasteiger partial charge in [0.1, 0.15) is 11.5 Å². The molecule has 2 aromatic carbocycles. The van der Waals surface area contributed by atoms with Crippen molar-refractivity contribution >= 4 is 27.2 Å². The molecule has 0 radical (unpaired) electrons. The third-order valence-electron chi connectivity index (χ3n) is 3.74. The van der Waals surface area contributed by atoms with E-state index in [0.717, 1.165) is 5.56 Å². The molecule has 0 aliphatic carbocycles. The van der Waals surface area contributed by atoms with Crippen molar-refractivity contribution in [3.63, 3.8) is 0 Å². The first-order valence-corrected chi connectivity index (χ1v) is 9.88. The van der Waals surface area contributed by atoms with Crippen LogP contribution in [0.2, 0.25) is 0 Å². The van der Waals surface area contributed by atoms with E-state index in [4.69, 9.17) is 9.47 Å². The van der Waals surface area contributed by atoms with E-state index >= 15 is 0 Å². The van der Waals surface area contributed by atoms with E-state index in [1.807, 2.05) is 6.92 Å². The fourth-order valence-corrected chi connectivity index (χ4v) is 3.52. The normalized spacial score (nSPS) is 10.9. The Hall–Kier alpha value is -2.87. The van der Waals surface area contributed by atoms with E-state index in [2.05, 4.69) is 5.32 Å². The summed E-state index contributed by atoms with van der Waals surface area (Å²) in [5.41, 5.74) is 1.62. The summed E-state index contributed by atoms with van der Waals surface area (Å²) >= 11 is 0. The van der Waals surface area contributed by atoms with Crippen molar-refractivity contribution in [2.75, 3.05) is 31.0 Å². The molecule has 0 fully saturated rings. The highest BCUT2D eigenvalue weighted by atomic mass is 32.2. The predicted molar refractivity (Wildman–Crippen MR) is 102 cm³/mol. The molecule has 0 aromatic heterocycles. The first-order valence-electron chi connectivity index (χ1n) is 8.06. The second-order valence-electron chi connectivity index (χ2n) is 5.94. The largest absolute Gasteiger partial charge is 0.493 e. The number of aryl methyl sites for hydroxylation is 1. The lowest BCUT2D eigenvalue weighted by molar-refractivity contribution is -0.113. The van der Waals surface area contributed by atoms with Crippen LogP contribution in [-0.2, 0) is 14.6 Å². The summed E-state index contributed by atoms with van der Waals surface area (Å²) in [6, 6.07) is 11.2. The first kappa shape index (κ1) is 20.4. The molecule has 8 heteroatoms. The highest BCUT2D eigenvalue weighted by Crippen LogP contribution is 2.29. The van der Waals surface area contributed by atoms with Gasteiger partial charge < -0.3 is 14.8 Å². The standard InChI is InChI=1S/C19H21NO6S/c1-13-4-6-14(7-5-13)16(21)11-27(23,24)12-19(22)20-15-8-9-17(25-2)18(10-15)26-3/h4-10H,11-12H2,1-3H3,(H,20,22). The summed E-state index contributed by atoms with van der Waals surface area (Å²) in [6.07, 6.45) is 0. The molecule has 0 aliphatic heterocycles. The molecule has 0 saturated carbocycles. The molecule has 0 bridgehead atoms. The van der Waals surface area contributed by atoms with Gasteiger partial charge in [0.25, 0.3) is 0 Å². The van der Waals surface area contributed by atoms with Crippen LogP contribution in [0.1, 0.15) is 15.9 Å². The zero-order valence-electron chi connectivity index (χ0n) is 15.3. The van der Waals surface area contributed by atoms with Gasteiger partial charge in [0.05, 0.1) is 14.2 Å². The number of Topliss-reactive ketones (excluding diaryl/α,β-unsaturated/α-hetero) is 1. The molecule has 0 aliphatic rings. The molecule has 0 unspecified atom stereocenters. The number of benzene rings is 2. The molecule has 27 heavy (non-hydrogen) atoms. The molecule has 0 atom stereocenters. The number of anilines is 1. The molecular formula is C19H21NO6S. The zero-order chi connectivity index (χ0) is 20.0. The minimum Gasteiger partial charge on any atom is -0.493 e. The van der Waals surface area contributed by atoms with E-state index in [9.17, 15) is 18.0 Å².